The Labute approximate surface area is 163 Å². The Kier molecular flexibility index (Phi) is 6.28. The summed E-state index contributed by atoms with van der Waals surface area (Å²) in [6.07, 6.45) is 3.24. The maximum atomic E-state index is 12.6. The van der Waals surface area contributed by atoms with Gasteiger partial charge >= 0.3 is 0 Å². The maximum Gasteiger partial charge on any atom is 0.244 e. The van der Waals surface area contributed by atoms with E-state index in [-0.39, 0.29) is 11.9 Å². The molecule has 2 aromatic carbocycles. The monoisotopic (exact) mass is 379 g/mol. The second-order valence-electron chi connectivity index (χ2n) is 5.81. The van der Waals surface area contributed by atoms with Crippen molar-refractivity contribution < 1.29 is 14.3 Å². The molecule has 1 aromatic heterocycles. The molecule has 0 radical (unpaired) electrons. The molecule has 3 rings (SSSR count). The van der Waals surface area contributed by atoms with Crippen molar-refractivity contribution in [1.29, 1.82) is 0 Å². The van der Waals surface area contributed by atoms with Crippen LogP contribution in [0, 0.1) is 0 Å². The van der Waals surface area contributed by atoms with Crippen LogP contribution < -0.4 is 14.8 Å². The van der Waals surface area contributed by atoms with Gasteiger partial charge in [-0.15, -0.1) is 11.3 Å². The van der Waals surface area contributed by atoms with Gasteiger partial charge in [0.15, 0.2) is 0 Å². The van der Waals surface area contributed by atoms with E-state index < -0.39 is 0 Å². The van der Waals surface area contributed by atoms with Gasteiger partial charge in [-0.1, -0.05) is 36.4 Å². The van der Waals surface area contributed by atoms with Gasteiger partial charge in [0, 0.05) is 16.5 Å². The number of hydrogen-bond acceptors (Lipinski definition) is 4. The summed E-state index contributed by atoms with van der Waals surface area (Å²) in [4.78, 5) is 13.7. The van der Waals surface area contributed by atoms with Crippen molar-refractivity contribution in [3.63, 3.8) is 0 Å². The number of carbonyl (C=O) groups is 1. The van der Waals surface area contributed by atoms with E-state index in [1.807, 2.05) is 66.0 Å². The first-order valence-electron chi connectivity index (χ1n) is 8.50. The van der Waals surface area contributed by atoms with Crippen LogP contribution in [-0.2, 0) is 4.79 Å². The number of nitrogens with one attached hydrogen (secondary N) is 1. The quantitative estimate of drug-likeness (QED) is 0.606. The van der Waals surface area contributed by atoms with Crippen LogP contribution >= 0.6 is 11.3 Å². The SMILES string of the molecule is COc1ccc(OC)c(/C=C/C(=O)N[C@H](c2ccccc2)c2cccs2)c1. The molecule has 0 saturated carbocycles. The predicted octanol–water partition coefficient (Wildman–Crippen LogP) is 4.68. The fourth-order valence-electron chi connectivity index (χ4n) is 2.75. The average Bonchev–Trinajstić information content (AvgIpc) is 3.25. The number of rotatable bonds is 7. The Morgan fingerprint density at radius 3 is 2.52 bits per heavy atom. The van der Waals surface area contributed by atoms with Crippen LogP contribution in [0.15, 0.2) is 72.1 Å². The second kappa shape index (κ2) is 9.05. The third-order valence-corrected chi connectivity index (χ3v) is 5.04. The van der Waals surface area contributed by atoms with Gasteiger partial charge < -0.3 is 14.8 Å². The van der Waals surface area contributed by atoms with Gasteiger partial charge in [-0.2, -0.15) is 0 Å². The van der Waals surface area contributed by atoms with Crippen molar-refractivity contribution in [3.8, 4) is 11.5 Å². The molecule has 5 heteroatoms. The number of carbonyl (C=O) groups excluding carboxylic acids is 1. The van der Waals surface area contributed by atoms with E-state index in [1.165, 1.54) is 6.08 Å². The first-order valence-corrected chi connectivity index (χ1v) is 9.38. The third-order valence-electron chi connectivity index (χ3n) is 4.10. The van der Waals surface area contributed by atoms with Gasteiger partial charge in [-0.25, -0.2) is 0 Å². The summed E-state index contributed by atoms with van der Waals surface area (Å²) in [5.74, 6) is 1.21. The van der Waals surface area contributed by atoms with Crippen LogP contribution in [0.4, 0.5) is 0 Å². The van der Waals surface area contributed by atoms with E-state index in [2.05, 4.69) is 5.32 Å². The van der Waals surface area contributed by atoms with E-state index >= 15 is 0 Å². The summed E-state index contributed by atoms with van der Waals surface area (Å²) in [5.41, 5.74) is 1.82. The highest BCUT2D eigenvalue weighted by Gasteiger charge is 2.16. The highest BCUT2D eigenvalue weighted by atomic mass is 32.1. The summed E-state index contributed by atoms with van der Waals surface area (Å²) >= 11 is 1.62. The molecule has 0 saturated heterocycles. The van der Waals surface area contributed by atoms with Crippen molar-refractivity contribution in [2.75, 3.05) is 14.2 Å². The standard InChI is InChI=1S/C22H21NO3S/c1-25-18-11-12-19(26-2)17(15-18)10-13-21(24)23-22(20-9-6-14-27-20)16-7-4-3-5-8-16/h3-15,22H,1-2H3,(H,23,24)/b13-10+/t22-/m1/s1. The Hall–Kier alpha value is -3.05. The molecule has 138 valence electrons. The van der Waals surface area contributed by atoms with E-state index in [4.69, 9.17) is 9.47 Å². The normalized spacial score (nSPS) is 11.9. The molecule has 0 aliphatic carbocycles. The summed E-state index contributed by atoms with van der Waals surface area (Å²) in [5, 5.41) is 5.09. The van der Waals surface area contributed by atoms with E-state index in [0.717, 1.165) is 16.0 Å². The zero-order valence-electron chi connectivity index (χ0n) is 15.2. The van der Waals surface area contributed by atoms with Crippen LogP contribution in [0.2, 0.25) is 0 Å². The lowest BCUT2D eigenvalue weighted by Gasteiger charge is -2.17. The van der Waals surface area contributed by atoms with Gasteiger partial charge in [0.25, 0.3) is 0 Å². The predicted molar refractivity (Wildman–Crippen MR) is 109 cm³/mol. The molecule has 3 aromatic rings. The molecule has 0 fully saturated rings. The molecule has 27 heavy (non-hydrogen) atoms. The molecule has 1 heterocycles. The van der Waals surface area contributed by atoms with Gasteiger partial charge in [-0.3, -0.25) is 4.79 Å². The first-order chi connectivity index (χ1) is 13.2. The van der Waals surface area contributed by atoms with Crippen LogP contribution in [0.3, 0.4) is 0 Å². The second-order valence-corrected chi connectivity index (χ2v) is 6.79. The number of hydrogen-bond donors (Lipinski definition) is 1. The zero-order chi connectivity index (χ0) is 19.1. The molecule has 0 spiro atoms. The summed E-state index contributed by atoms with van der Waals surface area (Å²) in [7, 11) is 3.20. The van der Waals surface area contributed by atoms with Crippen LogP contribution in [-0.4, -0.2) is 20.1 Å². The smallest absolute Gasteiger partial charge is 0.244 e. The molecule has 0 bridgehead atoms. The Balaban J connectivity index is 1.80. The van der Waals surface area contributed by atoms with E-state index in [1.54, 1.807) is 31.6 Å². The average molecular weight is 379 g/mol. The molecular formula is C22H21NO3S. The summed E-state index contributed by atoms with van der Waals surface area (Å²) in [6.45, 7) is 0. The van der Waals surface area contributed by atoms with Crippen LogP contribution in [0.5, 0.6) is 11.5 Å². The summed E-state index contributed by atoms with van der Waals surface area (Å²) < 4.78 is 10.6. The van der Waals surface area contributed by atoms with E-state index in [9.17, 15) is 4.79 Å². The number of methoxy groups -OCH3 is 2. The van der Waals surface area contributed by atoms with Gasteiger partial charge in [0.2, 0.25) is 5.91 Å². The Morgan fingerprint density at radius 1 is 1.04 bits per heavy atom. The van der Waals surface area contributed by atoms with Crippen molar-refractivity contribution >= 4 is 23.3 Å². The minimum atomic E-state index is -0.185. The van der Waals surface area contributed by atoms with Gasteiger partial charge in [0.05, 0.1) is 20.3 Å². The third kappa shape index (κ3) is 4.77. The van der Waals surface area contributed by atoms with Gasteiger partial charge in [-0.05, 0) is 41.3 Å². The summed E-state index contributed by atoms with van der Waals surface area (Å²) in [6, 6.07) is 19.2. The molecule has 0 aliphatic heterocycles. The maximum absolute atomic E-state index is 12.6. The molecule has 1 amide bonds. The van der Waals surface area contributed by atoms with Crippen LogP contribution in [0.1, 0.15) is 22.0 Å². The van der Waals surface area contributed by atoms with Crippen molar-refractivity contribution in [2.45, 2.75) is 6.04 Å². The van der Waals surface area contributed by atoms with Crippen molar-refractivity contribution in [2.24, 2.45) is 0 Å². The van der Waals surface area contributed by atoms with Crippen LogP contribution in [0.25, 0.3) is 6.08 Å². The molecule has 0 aliphatic rings. The topological polar surface area (TPSA) is 47.6 Å². The minimum Gasteiger partial charge on any atom is -0.497 e. The molecule has 1 atom stereocenters. The largest absolute Gasteiger partial charge is 0.497 e. The van der Waals surface area contributed by atoms with Gasteiger partial charge in [0.1, 0.15) is 11.5 Å². The lowest BCUT2D eigenvalue weighted by molar-refractivity contribution is -0.116. The zero-order valence-corrected chi connectivity index (χ0v) is 16.0. The lowest BCUT2D eigenvalue weighted by Crippen LogP contribution is -2.27. The van der Waals surface area contributed by atoms with E-state index in [0.29, 0.717) is 11.5 Å². The Morgan fingerprint density at radius 2 is 1.85 bits per heavy atom. The number of ether oxygens (including phenoxy) is 2. The highest BCUT2D eigenvalue weighted by molar-refractivity contribution is 7.10. The number of thiophene rings is 1. The highest BCUT2D eigenvalue weighted by Crippen LogP contribution is 2.27. The lowest BCUT2D eigenvalue weighted by atomic mass is 10.1. The fraction of sp³-hybridized carbons (Fsp3) is 0.136. The minimum absolute atomic E-state index is 0.179. The van der Waals surface area contributed by atoms with Crippen molar-refractivity contribution in [1.82, 2.24) is 5.32 Å². The molecule has 1 N–H and O–H groups in total. The number of amides is 1. The number of benzene rings is 2. The molecule has 0 unspecified atom stereocenters. The fourth-order valence-corrected chi connectivity index (χ4v) is 3.55. The first kappa shape index (κ1) is 18.7. The molecular weight excluding hydrogens is 358 g/mol. The van der Waals surface area contributed by atoms with Crippen molar-refractivity contribution in [3.05, 3.63) is 88.1 Å². The Bertz CT molecular complexity index is 905. The molecule has 4 nitrogen and oxygen atoms in total.